The number of hydrogen-bond donors (Lipinski definition) is 3. The van der Waals surface area contributed by atoms with Gasteiger partial charge in [-0.2, -0.15) is 0 Å². The molecule has 7 heteroatoms. The molecule has 1 rings (SSSR count). The first-order valence-corrected chi connectivity index (χ1v) is 6.58. The predicted molar refractivity (Wildman–Crippen MR) is 68.4 cm³/mol. The van der Waals surface area contributed by atoms with E-state index in [-0.39, 0.29) is 5.92 Å². The van der Waals surface area contributed by atoms with Crippen LogP contribution in [0, 0.1) is 5.92 Å². The van der Waals surface area contributed by atoms with Crippen molar-refractivity contribution in [2.45, 2.75) is 32.9 Å². The van der Waals surface area contributed by atoms with E-state index >= 15 is 0 Å². The fraction of sp³-hybridized carbons (Fsp3) is 0.545. The molecule has 18 heavy (non-hydrogen) atoms. The van der Waals surface area contributed by atoms with Gasteiger partial charge in [0, 0.05) is 11.6 Å². The van der Waals surface area contributed by atoms with E-state index in [9.17, 15) is 9.59 Å². The molecule has 1 unspecified atom stereocenters. The highest BCUT2D eigenvalue weighted by atomic mass is 32.1. The van der Waals surface area contributed by atoms with Gasteiger partial charge in [0.1, 0.15) is 11.0 Å². The van der Waals surface area contributed by atoms with E-state index in [2.05, 4.69) is 15.6 Å². The third-order valence-electron chi connectivity index (χ3n) is 2.65. The molecular formula is C11H17N3O3S. The molecule has 2 atom stereocenters. The quantitative estimate of drug-likeness (QED) is 0.730. The van der Waals surface area contributed by atoms with Gasteiger partial charge >= 0.3 is 12.0 Å². The first kappa shape index (κ1) is 14.4. The average Bonchev–Trinajstić information content (AvgIpc) is 2.85. The Bertz CT molecular complexity index is 394. The number of rotatable bonds is 6. The summed E-state index contributed by atoms with van der Waals surface area (Å²) in [6.45, 7) is 3.98. The number of nitrogens with zero attached hydrogens (tertiary/aromatic N) is 1. The summed E-state index contributed by atoms with van der Waals surface area (Å²) < 4.78 is 0. The molecule has 0 aliphatic rings. The van der Waals surface area contributed by atoms with Gasteiger partial charge in [-0.05, 0) is 5.92 Å². The molecule has 0 aliphatic heterocycles. The highest BCUT2D eigenvalue weighted by Gasteiger charge is 2.25. The number of carboxylic acid groups (broad SMARTS) is 1. The zero-order valence-electron chi connectivity index (χ0n) is 10.3. The molecule has 0 spiro atoms. The summed E-state index contributed by atoms with van der Waals surface area (Å²) >= 11 is 1.43. The fourth-order valence-corrected chi connectivity index (χ4v) is 1.93. The first-order chi connectivity index (χ1) is 8.54. The van der Waals surface area contributed by atoms with Crippen LogP contribution in [-0.4, -0.2) is 28.1 Å². The van der Waals surface area contributed by atoms with Crippen molar-refractivity contribution in [3.63, 3.8) is 0 Å². The van der Waals surface area contributed by atoms with E-state index in [1.807, 2.05) is 12.3 Å². The van der Waals surface area contributed by atoms with Gasteiger partial charge in [-0.15, -0.1) is 11.3 Å². The van der Waals surface area contributed by atoms with Crippen LogP contribution in [-0.2, 0) is 11.3 Å². The maximum absolute atomic E-state index is 11.6. The number of thiazole rings is 1. The largest absolute Gasteiger partial charge is 0.480 e. The van der Waals surface area contributed by atoms with Crippen LogP contribution in [0.15, 0.2) is 11.6 Å². The zero-order valence-corrected chi connectivity index (χ0v) is 11.2. The Kier molecular flexibility index (Phi) is 5.57. The van der Waals surface area contributed by atoms with Crippen LogP contribution in [0.4, 0.5) is 4.79 Å². The molecule has 2 amide bonds. The third-order valence-corrected chi connectivity index (χ3v) is 3.43. The van der Waals surface area contributed by atoms with Crippen LogP contribution >= 0.6 is 11.3 Å². The summed E-state index contributed by atoms with van der Waals surface area (Å²) in [5.41, 5.74) is 0. The summed E-state index contributed by atoms with van der Waals surface area (Å²) in [5.74, 6) is -1.14. The molecule has 0 saturated heterocycles. The van der Waals surface area contributed by atoms with Gasteiger partial charge < -0.3 is 15.7 Å². The molecule has 0 saturated carbocycles. The van der Waals surface area contributed by atoms with Crippen molar-refractivity contribution < 1.29 is 14.7 Å². The summed E-state index contributed by atoms with van der Waals surface area (Å²) in [5, 5.41) is 16.7. The van der Waals surface area contributed by atoms with Gasteiger partial charge in [0.15, 0.2) is 0 Å². The Hall–Kier alpha value is -1.63. The third kappa shape index (κ3) is 4.33. The van der Waals surface area contributed by atoms with Crippen molar-refractivity contribution in [2.24, 2.45) is 5.92 Å². The number of hydrogen-bond acceptors (Lipinski definition) is 4. The smallest absolute Gasteiger partial charge is 0.326 e. The summed E-state index contributed by atoms with van der Waals surface area (Å²) in [6, 6.07) is -1.36. The molecule has 0 radical (unpaired) electrons. The Morgan fingerprint density at radius 3 is 2.78 bits per heavy atom. The van der Waals surface area contributed by atoms with Gasteiger partial charge in [-0.25, -0.2) is 14.6 Å². The molecule has 1 aromatic rings. The minimum Gasteiger partial charge on any atom is -0.480 e. The topological polar surface area (TPSA) is 91.3 Å². The molecule has 6 nitrogen and oxygen atoms in total. The summed E-state index contributed by atoms with van der Waals surface area (Å²) in [7, 11) is 0. The van der Waals surface area contributed by atoms with Crippen LogP contribution in [0.1, 0.15) is 25.3 Å². The van der Waals surface area contributed by atoms with Crippen LogP contribution in [0.25, 0.3) is 0 Å². The standard InChI is InChI=1S/C11H17N3O3S/c1-3-7(2)9(10(15)16)14-11(17)13-6-8-12-4-5-18-8/h4-5,7,9H,3,6H2,1-2H3,(H,15,16)(H2,13,14,17)/t7?,9-/m0/s1. The molecule has 3 N–H and O–H groups in total. The number of carbonyl (C=O) groups is 2. The van der Waals surface area contributed by atoms with E-state index < -0.39 is 18.0 Å². The Morgan fingerprint density at radius 1 is 1.56 bits per heavy atom. The highest BCUT2D eigenvalue weighted by molar-refractivity contribution is 7.09. The fourth-order valence-electron chi connectivity index (χ4n) is 1.37. The molecule has 0 fully saturated rings. The minimum atomic E-state index is -1.02. The van der Waals surface area contributed by atoms with Gasteiger partial charge in [0.05, 0.1) is 6.54 Å². The SMILES string of the molecule is CCC(C)[C@H](NC(=O)NCc1nccs1)C(=O)O. The van der Waals surface area contributed by atoms with E-state index in [1.165, 1.54) is 11.3 Å². The highest BCUT2D eigenvalue weighted by Crippen LogP contribution is 2.08. The molecule has 0 aliphatic carbocycles. The van der Waals surface area contributed by atoms with Crippen molar-refractivity contribution in [1.29, 1.82) is 0 Å². The number of carboxylic acids is 1. The Morgan fingerprint density at radius 2 is 2.28 bits per heavy atom. The number of aromatic nitrogens is 1. The van der Waals surface area contributed by atoms with Crippen molar-refractivity contribution in [2.75, 3.05) is 0 Å². The minimum absolute atomic E-state index is 0.117. The number of urea groups is 1. The number of aliphatic carboxylic acids is 1. The molecule has 100 valence electrons. The van der Waals surface area contributed by atoms with E-state index in [0.29, 0.717) is 13.0 Å². The van der Waals surface area contributed by atoms with E-state index in [1.54, 1.807) is 13.1 Å². The molecular weight excluding hydrogens is 254 g/mol. The van der Waals surface area contributed by atoms with Crippen molar-refractivity contribution in [3.8, 4) is 0 Å². The second-order valence-electron chi connectivity index (χ2n) is 3.95. The van der Waals surface area contributed by atoms with Gasteiger partial charge in [-0.1, -0.05) is 20.3 Å². The molecule has 1 heterocycles. The second-order valence-corrected chi connectivity index (χ2v) is 4.93. The lowest BCUT2D eigenvalue weighted by Crippen LogP contribution is -2.48. The van der Waals surface area contributed by atoms with Crippen LogP contribution in [0.3, 0.4) is 0 Å². The zero-order chi connectivity index (χ0) is 13.5. The lowest BCUT2D eigenvalue weighted by molar-refractivity contribution is -0.140. The average molecular weight is 271 g/mol. The Balaban J connectivity index is 2.44. The van der Waals surface area contributed by atoms with E-state index in [0.717, 1.165) is 5.01 Å². The van der Waals surface area contributed by atoms with Crippen molar-refractivity contribution in [1.82, 2.24) is 15.6 Å². The molecule has 1 aromatic heterocycles. The first-order valence-electron chi connectivity index (χ1n) is 5.70. The number of carbonyl (C=O) groups excluding carboxylic acids is 1. The monoisotopic (exact) mass is 271 g/mol. The Labute approximate surface area is 109 Å². The van der Waals surface area contributed by atoms with E-state index in [4.69, 9.17) is 5.11 Å². The number of nitrogens with one attached hydrogen (secondary N) is 2. The summed E-state index contributed by atoms with van der Waals surface area (Å²) in [6.07, 6.45) is 2.34. The normalized spacial score (nSPS) is 13.7. The van der Waals surface area contributed by atoms with Crippen molar-refractivity contribution in [3.05, 3.63) is 16.6 Å². The van der Waals surface area contributed by atoms with Crippen LogP contribution < -0.4 is 10.6 Å². The predicted octanol–water partition coefficient (Wildman–Crippen LogP) is 1.44. The van der Waals surface area contributed by atoms with Gasteiger partial charge in [-0.3, -0.25) is 0 Å². The second kappa shape index (κ2) is 6.95. The maximum Gasteiger partial charge on any atom is 0.326 e. The van der Waals surface area contributed by atoms with Crippen molar-refractivity contribution >= 4 is 23.3 Å². The molecule has 0 bridgehead atoms. The van der Waals surface area contributed by atoms with Gasteiger partial charge in [0.2, 0.25) is 0 Å². The van der Waals surface area contributed by atoms with Crippen LogP contribution in [0.2, 0.25) is 0 Å². The lowest BCUT2D eigenvalue weighted by Gasteiger charge is -2.20. The lowest BCUT2D eigenvalue weighted by atomic mass is 9.99. The van der Waals surface area contributed by atoms with Gasteiger partial charge in [0.25, 0.3) is 0 Å². The van der Waals surface area contributed by atoms with Crippen LogP contribution in [0.5, 0.6) is 0 Å². The summed E-state index contributed by atoms with van der Waals surface area (Å²) in [4.78, 5) is 26.6. The number of amides is 2. The molecule has 0 aromatic carbocycles. The maximum atomic E-state index is 11.6.